The van der Waals surface area contributed by atoms with Gasteiger partial charge in [0.2, 0.25) is 5.88 Å². The van der Waals surface area contributed by atoms with Gasteiger partial charge < -0.3 is 20.1 Å². The van der Waals surface area contributed by atoms with Crippen molar-refractivity contribution in [3.8, 4) is 5.88 Å². The Kier molecular flexibility index (Phi) is 8.00. The topological polar surface area (TPSA) is 104 Å². The minimum Gasteiger partial charge on any atom is -0.477 e. The fourth-order valence-electron chi connectivity index (χ4n) is 3.09. The third-order valence-corrected chi connectivity index (χ3v) is 5.86. The van der Waals surface area contributed by atoms with E-state index < -0.39 is 17.8 Å². The fraction of sp³-hybridized carbons (Fsp3) is 0.421. The van der Waals surface area contributed by atoms with Crippen LogP contribution in [0.2, 0.25) is 0 Å². The van der Waals surface area contributed by atoms with Crippen LogP contribution < -0.4 is 15.4 Å². The number of urea groups is 1. The van der Waals surface area contributed by atoms with Crippen LogP contribution in [0.15, 0.2) is 22.7 Å². The van der Waals surface area contributed by atoms with Gasteiger partial charge in [-0.25, -0.2) is 14.0 Å². The Morgan fingerprint density at radius 1 is 1.33 bits per heavy atom. The summed E-state index contributed by atoms with van der Waals surface area (Å²) in [6, 6.07) is 3.97. The second-order valence-electron chi connectivity index (χ2n) is 6.80. The molecule has 0 atom stereocenters. The van der Waals surface area contributed by atoms with Crippen LogP contribution in [0.5, 0.6) is 5.88 Å². The molecule has 0 saturated carbocycles. The lowest BCUT2D eigenvalue weighted by molar-refractivity contribution is 0.0693. The highest BCUT2D eigenvalue weighted by molar-refractivity contribution is 9.10. The monoisotopic (exact) mass is 500 g/mol. The van der Waals surface area contributed by atoms with Crippen molar-refractivity contribution < 1.29 is 23.8 Å². The van der Waals surface area contributed by atoms with Gasteiger partial charge in [-0.2, -0.15) is 4.37 Å². The van der Waals surface area contributed by atoms with E-state index in [2.05, 4.69) is 35.8 Å². The Bertz CT molecular complexity index is 905. The number of nitrogens with zero attached hydrogens (tertiary/aromatic N) is 2. The van der Waals surface area contributed by atoms with Crippen LogP contribution >= 0.6 is 27.5 Å². The predicted octanol–water partition coefficient (Wildman–Crippen LogP) is 3.93. The molecule has 0 unspecified atom stereocenters. The summed E-state index contributed by atoms with van der Waals surface area (Å²) in [6.07, 6.45) is 3.25. The van der Waals surface area contributed by atoms with Gasteiger partial charge >= 0.3 is 12.0 Å². The largest absolute Gasteiger partial charge is 0.477 e. The Morgan fingerprint density at radius 2 is 2.10 bits per heavy atom. The number of hydrogen-bond acceptors (Lipinski definition) is 6. The van der Waals surface area contributed by atoms with Gasteiger partial charge in [-0.1, -0.05) is 22.0 Å². The first-order valence-electron chi connectivity index (χ1n) is 9.51. The summed E-state index contributed by atoms with van der Waals surface area (Å²) in [6.45, 7) is 3.41. The summed E-state index contributed by atoms with van der Waals surface area (Å²) in [5.41, 5.74) is -0.00229. The van der Waals surface area contributed by atoms with Crippen molar-refractivity contribution in [2.75, 3.05) is 31.5 Å². The SMILES string of the molecule is O=C(NCCCN1CCCC1)Nc1snc(OCc2ccc(Br)cc2F)c1C(=O)O. The number of nitrogens with one attached hydrogen (secondary N) is 2. The number of carboxylic acid groups (broad SMARTS) is 1. The second kappa shape index (κ2) is 10.7. The summed E-state index contributed by atoms with van der Waals surface area (Å²) < 4.78 is 23.9. The third-order valence-electron chi connectivity index (χ3n) is 4.62. The standard InChI is InChI=1S/C19H22BrFN4O4S/c20-13-5-4-12(14(21)10-13)11-29-16-15(18(26)27)17(30-24-16)23-19(28)22-6-3-9-25-7-1-2-8-25/h4-5,10H,1-3,6-9,11H2,(H,26,27)(H2,22,23,28). The Hall–Kier alpha value is -2.24. The molecule has 162 valence electrons. The van der Waals surface area contributed by atoms with Gasteiger partial charge in [0.05, 0.1) is 0 Å². The van der Waals surface area contributed by atoms with E-state index in [-0.39, 0.29) is 28.6 Å². The predicted molar refractivity (Wildman–Crippen MR) is 115 cm³/mol. The molecule has 11 heteroatoms. The Labute approximate surface area is 185 Å². The number of aromatic nitrogens is 1. The highest BCUT2D eigenvalue weighted by atomic mass is 79.9. The number of carbonyl (C=O) groups excluding carboxylic acids is 1. The number of likely N-dealkylation sites (tertiary alicyclic amines) is 1. The number of aromatic carboxylic acids is 1. The van der Waals surface area contributed by atoms with Crippen molar-refractivity contribution in [2.24, 2.45) is 0 Å². The molecule has 1 aliphatic heterocycles. The molecule has 0 spiro atoms. The maximum absolute atomic E-state index is 13.9. The lowest BCUT2D eigenvalue weighted by Crippen LogP contribution is -2.32. The molecule has 8 nitrogen and oxygen atoms in total. The van der Waals surface area contributed by atoms with E-state index in [1.807, 2.05) is 0 Å². The zero-order valence-corrected chi connectivity index (χ0v) is 18.5. The van der Waals surface area contributed by atoms with E-state index >= 15 is 0 Å². The second-order valence-corrected chi connectivity index (χ2v) is 8.49. The van der Waals surface area contributed by atoms with Crippen LogP contribution in [0.1, 0.15) is 35.2 Å². The number of anilines is 1. The number of ether oxygens (including phenoxy) is 1. The van der Waals surface area contributed by atoms with Gasteiger partial charge in [-0.15, -0.1) is 0 Å². The van der Waals surface area contributed by atoms with E-state index in [1.54, 1.807) is 6.07 Å². The van der Waals surface area contributed by atoms with Crippen LogP contribution in [0.4, 0.5) is 14.2 Å². The minimum atomic E-state index is -1.29. The zero-order chi connectivity index (χ0) is 21.5. The van der Waals surface area contributed by atoms with Crippen LogP contribution in [0.25, 0.3) is 0 Å². The van der Waals surface area contributed by atoms with Gasteiger partial charge in [0.15, 0.2) is 5.56 Å². The fourth-order valence-corrected chi connectivity index (χ4v) is 4.15. The van der Waals surface area contributed by atoms with Gasteiger partial charge in [0, 0.05) is 16.6 Å². The van der Waals surface area contributed by atoms with Crippen molar-refractivity contribution >= 4 is 44.5 Å². The molecule has 2 amide bonds. The first-order chi connectivity index (χ1) is 14.4. The maximum atomic E-state index is 13.9. The number of amides is 2. The zero-order valence-electron chi connectivity index (χ0n) is 16.1. The van der Waals surface area contributed by atoms with Crippen molar-refractivity contribution in [1.29, 1.82) is 0 Å². The van der Waals surface area contributed by atoms with Gasteiger partial charge in [0.25, 0.3) is 0 Å². The lowest BCUT2D eigenvalue weighted by Gasteiger charge is -2.14. The highest BCUT2D eigenvalue weighted by Crippen LogP contribution is 2.31. The van der Waals surface area contributed by atoms with E-state index in [0.717, 1.165) is 37.6 Å². The molecule has 1 aliphatic rings. The number of hydrogen-bond donors (Lipinski definition) is 3. The molecule has 1 aromatic carbocycles. The first-order valence-corrected chi connectivity index (χ1v) is 11.1. The molecular weight excluding hydrogens is 479 g/mol. The normalized spacial score (nSPS) is 13.9. The number of carbonyl (C=O) groups is 2. The molecule has 0 radical (unpaired) electrons. The molecule has 1 aromatic heterocycles. The summed E-state index contributed by atoms with van der Waals surface area (Å²) in [4.78, 5) is 26.1. The molecule has 3 N–H and O–H groups in total. The average Bonchev–Trinajstić information content (AvgIpc) is 3.34. The van der Waals surface area contributed by atoms with Gasteiger partial charge in [-0.3, -0.25) is 5.32 Å². The molecule has 3 rings (SSSR count). The van der Waals surface area contributed by atoms with Crippen molar-refractivity contribution in [3.63, 3.8) is 0 Å². The number of rotatable bonds is 9. The van der Waals surface area contributed by atoms with Crippen molar-refractivity contribution in [1.82, 2.24) is 14.6 Å². The smallest absolute Gasteiger partial charge is 0.344 e. The van der Waals surface area contributed by atoms with E-state index in [0.29, 0.717) is 11.0 Å². The highest BCUT2D eigenvalue weighted by Gasteiger charge is 2.23. The molecule has 0 bridgehead atoms. The third kappa shape index (κ3) is 6.13. The molecule has 1 saturated heterocycles. The molecule has 2 heterocycles. The minimum absolute atomic E-state index is 0.0609. The summed E-state index contributed by atoms with van der Waals surface area (Å²) >= 11 is 3.97. The molecular formula is C19H22BrFN4O4S. The van der Waals surface area contributed by atoms with Crippen LogP contribution in [-0.2, 0) is 6.61 Å². The van der Waals surface area contributed by atoms with Gasteiger partial charge in [-0.05, 0) is 62.6 Å². The van der Waals surface area contributed by atoms with Crippen LogP contribution in [0, 0.1) is 5.82 Å². The first kappa shape index (κ1) is 22.4. The van der Waals surface area contributed by atoms with Crippen LogP contribution in [0.3, 0.4) is 0 Å². The van der Waals surface area contributed by atoms with Crippen molar-refractivity contribution in [2.45, 2.75) is 25.9 Å². The average molecular weight is 501 g/mol. The number of benzene rings is 1. The molecule has 30 heavy (non-hydrogen) atoms. The van der Waals surface area contributed by atoms with Crippen molar-refractivity contribution in [3.05, 3.63) is 39.6 Å². The van der Waals surface area contributed by atoms with E-state index in [9.17, 15) is 19.1 Å². The quantitative estimate of drug-likeness (QED) is 0.450. The molecule has 0 aliphatic carbocycles. The van der Waals surface area contributed by atoms with Gasteiger partial charge in [0.1, 0.15) is 17.4 Å². The molecule has 2 aromatic rings. The summed E-state index contributed by atoms with van der Waals surface area (Å²) in [5, 5.41) is 14.8. The maximum Gasteiger partial charge on any atom is 0.344 e. The van der Waals surface area contributed by atoms with Crippen LogP contribution in [-0.4, -0.2) is 52.6 Å². The lowest BCUT2D eigenvalue weighted by atomic mass is 10.2. The Morgan fingerprint density at radius 3 is 2.80 bits per heavy atom. The number of carboxylic acids is 1. The number of halogens is 2. The summed E-state index contributed by atoms with van der Waals surface area (Å²) in [7, 11) is 0. The van der Waals surface area contributed by atoms with E-state index in [1.165, 1.54) is 25.0 Å². The van der Waals surface area contributed by atoms with E-state index in [4.69, 9.17) is 4.74 Å². The Balaban J connectivity index is 1.54. The summed E-state index contributed by atoms with van der Waals surface area (Å²) in [5.74, 6) is -1.94. The molecule has 1 fully saturated rings.